The zero-order chi connectivity index (χ0) is 13.4. The third-order valence-corrected chi connectivity index (χ3v) is 3.07. The molecule has 2 unspecified atom stereocenters. The van der Waals surface area contributed by atoms with Gasteiger partial charge in [-0.1, -0.05) is 13.3 Å². The fourth-order valence-electron chi connectivity index (χ4n) is 1.92. The quantitative estimate of drug-likeness (QED) is 0.631. The molecule has 0 radical (unpaired) electrons. The first kappa shape index (κ1) is 14.8. The average molecular weight is 258 g/mol. The zero-order valence-electron chi connectivity index (χ0n) is 10.8. The van der Waals surface area contributed by atoms with Crippen LogP contribution in [0.2, 0.25) is 0 Å². The maximum atomic E-state index is 11.5. The predicted molar refractivity (Wildman–Crippen MR) is 66.4 cm³/mol. The topological polar surface area (TPSA) is 87.7 Å². The summed E-state index contributed by atoms with van der Waals surface area (Å²) in [5.74, 6) is -0.987. The molecule has 2 amide bonds. The van der Waals surface area contributed by atoms with Gasteiger partial charge in [0.25, 0.3) is 0 Å². The maximum absolute atomic E-state index is 11.5. The van der Waals surface area contributed by atoms with E-state index in [9.17, 15) is 9.59 Å². The number of carboxylic acids is 1. The molecule has 1 aliphatic heterocycles. The van der Waals surface area contributed by atoms with E-state index in [4.69, 9.17) is 9.84 Å². The molecule has 0 aliphatic carbocycles. The number of urea groups is 1. The van der Waals surface area contributed by atoms with E-state index in [0.29, 0.717) is 25.5 Å². The van der Waals surface area contributed by atoms with Crippen LogP contribution in [0, 0.1) is 11.8 Å². The van der Waals surface area contributed by atoms with E-state index >= 15 is 0 Å². The lowest BCUT2D eigenvalue weighted by Gasteiger charge is -2.14. The van der Waals surface area contributed by atoms with Gasteiger partial charge in [0.15, 0.2) is 0 Å². The van der Waals surface area contributed by atoms with Crippen molar-refractivity contribution in [1.82, 2.24) is 10.6 Å². The molecule has 1 fully saturated rings. The molecule has 18 heavy (non-hydrogen) atoms. The highest BCUT2D eigenvalue weighted by atomic mass is 16.5. The summed E-state index contributed by atoms with van der Waals surface area (Å²) < 4.78 is 5.20. The Morgan fingerprint density at radius 3 is 2.78 bits per heavy atom. The van der Waals surface area contributed by atoms with Crippen LogP contribution >= 0.6 is 0 Å². The minimum Gasteiger partial charge on any atom is -0.481 e. The smallest absolute Gasteiger partial charge is 0.314 e. The lowest BCUT2D eigenvalue weighted by molar-refractivity contribution is -0.141. The van der Waals surface area contributed by atoms with Gasteiger partial charge in [-0.25, -0.2) is 4.79 Å². The van der Waals surface area contributed by atoms with E-state index in [1.54, 1.807) is 0 Å². The number of ether oxygens (including phenoxy) is 1. The van der Waals surface area contributed by atoms with Crippen LogP contribution in [-0.2, 0) is 9.53 Å². The third-order valence-electron chi connectivity index (χ3n) is 3.07. The molecule has 0 aromatic carbocycles. The van der Waals surface area contributed by atoms with Gasteiger partial charge in [0.2, 0.25) is 0 Å². The second-order valence-corrected chi connectivity index (χ2v) is 4.64. The number of amides is 2. The standard InChI is InChI=1S/C12H22N2O4/c1-2-3-10(11(15)16)7-14-12(17)13-6-9-4-5-18-8-9/h9-10H,2-8H2,1H3,(H,15,16)(H2,13,14,17). The summed E-state index contributed by atoms with van der Waals surface area (Å²) >= 11 is 0. The van der Waals surface area contributed by atoms with E-state index in [1.807, 2.05) is 6.92 Å². The van der Waals surface area contributed by atoms with Gasteiger partial charge in [0.05, 0.1) is 12.5 Å². The van der Waals surface area contributed by atoms with Gasteiger partial charge < -0.3 is 20.5 Å². The summed E-state index contributed by atoms with van der Waals surface area (Å²) in [6.45, 7) is 4.13. The van der Waals surface area contributed by atoms with Gasteiger partial charge in [-0.15, -0.1) is 0 Å². The molecule has 6 heteroatoms. The second kappa shape index (κ2) is 7.92. The highest BCUT2D eigenvalue weighted by molar-refractivity contribution is 5.75. The van der Waals surface area contributed by atoms with Gasteiger partial charge in [-0.2, -0.15) is 0 Å². The summed E-state index contributed by atoms with van der Waals surface area (Å²) in [5, 5.41) is 14.3. The molecule has 0 aromatic rings. The molecule has 0 aromatic heterocycles. The summed E-state index contributed by atoms with van der Waals surface area (Å²) in [4.78, 5) is 22.4. The first-order chi connectivity index (χ1) is 8.63. The molecule has 0 saturated carbocycles. The monoisotopic (exact) mass is 258 g/mol. The molecule has 0 spiro atoms. The van der Waals surface area contributed by atoms with E-state index in [2.05, 4.69) is 10.6 Å². The van der Waals surface area contributed by atoms with Gasteiger partial charge in [0.1, 0.15) is 0 Å². The average Bonchev–Trinajstić information content (AvgIpc) is 2.84. The van der Waals surface area contributed by atoms with Crippen molar-refractivity contribution in [2.45, 2.75) is 26.2 Å². The number of hydrogen-bond donors (Lipinski definition) is 3. The van der Waals surface area contributed by atoms with Gasteiger partial charge >= 0.3 is 12.0 Å². The van der Waals surface area contributed by atoms with Crippen LogP contribution in [0.15, 0.2) is 0 Å². The molecule has 1 aliphatic rings. The number of hydrogen-bond acceptors (Lipinski definition) is 3. The van der Waals surface area contributed by atoms with Gasteiger partial charge in [-0.05, 0) is 12.8 Å². The fraction of sp³-hybridized carbons (Fsp3) is 0.833. The van der Waals surface area contributed by atoms with Crippen molar-refractivity contribution in [1.29, 1.82) is 0 Å². The minimum absolute atomic E-state index is 0.177. The molecule has 1 rings (SSSR count). The molecular weight excluding hydrogens is 236 g/mol. The number of rotatable bonds is 7. The van der Waals surface area contributed by atoms with Crippen molar-refractivity contribution >= 4 is 12.0 Å². The molecule has 6 nitrogen and oxygen atoms in total. The molecule has 3 N–H and O–H groups in total. The number of aliphatic carboxylic acids is 1. The Balaban J connectivity index is 2.16. The van der Waals surface area contributed by atoms with Crippen LogP contribution in [0.1, 0.15) is 26.2 Å². The van der Waals surface area contributed by atoms with Crippen molar-refractivity contribution < 1.29 is 19.4 Å². The van der Waals surface area contributed by atoms with Crippen LogP contribution in [-0.4, -0.2) is 43.4 Å². The number of carboxylic acid groups (broad SMARTS) is 1. The van der Waals surface area contributed by atoms with E-state index < -0.39 is 11.9 Å². The molecule has 1 saturated heterocycles. The van der Waals surface area contributed by atoms with Crippen molar-refractivity contribution in [3.63, 3.8) is 0 Å². The Morgan fingerprint density at radius 1 is 1.44 bits per heavy atom. The van der Waals surface area contributed by atoms with Crippen molar-refractivity contribution in [3.8, 4) is 0 Å². The fourth-order valence-corrected chi connectivity index (χ4v) is 1.92. The van der Waals surface area contributed by atoms with Crippen LogP contribution in [0.5, 0.6) is 0 Å². The highest BCUT2D eigenvalue weighted by Crippen LogP contribution is 2.10. The number of nitrogens with one attached hydrogen (secondary N) is 2. The van der Waals surface area contributed by atoms with Crippen LogP contribution < -0.4 is 10.6 Å². The third kappa shape index (κ3) is 5.35. The van der Waals surface area contributed by atoms with Crippen LogP contribution in [0.3, 0.4) is 0 Å². The van der Waals surface area contributed by atoms with Gasteiger partial charge in [0, 0.05) is 25.6 Å². The molecule has 1 heterocycles. The SMILES string of the molecule is CCCC(CNC(=O)NCC1CCOC1)C(=O)O. The molecular formula is C12H22N2O4. The van der Waals surface area contributed by atoms with Crippen LogP contribution in [0.25, 0.3) is 0 Å². The van der Waals surface area contributed by atoms with Gasteiger partial charge in [-0.3, -0.25) is 4.79 Å². The second-order valence-electron chi connectivity index (χ2n) is 4.64. The lowest BCUT2D eigenvalue weighted by Crippen LogP contribution is -2.41. The summed E-state index contributed by atoms with van der Waals surface area (Å²) in [5.41, 5.74) is 0. The Kier molecular flexibility index (Phi) is 6.49. The van der Waals surface area contributed by atoms with Crippen LogP contribution in [0.4, 0.5) is 4.79 Å². The summed E-state index contributed by atoms with van der Waals surface area (Å²) in [7, 11) is 0. The summed E-state index contributed by atoms with van der Waals surface area (Å²) in [6, 6.07) is -0.302. The van der Waals surface area contributed by atoms with Crippen molar-refractivity contribution in [2.24, 2.45) is 11.8 Å². The Bertz CT molecular complexity index is 277. The predicted octanol–water partition coefficient (Wildman–Crippen LogP) is 0.823. The van der Waals surface area contributed by atoms with Crippen molar-refractivity contribution in [3.05, 3.63) is 0 Å². The first-order valence-corrected chi connectivity index (χ1v) is 6.45. The Morgan fingerprint density at radius 2 is 2.22 bits per heavy atom. The Hall–Kier alpha value is -1.30. The largest absolute Gasteiger partial charge is 0.481 e. The number of carbonyl (C=O) groups is 2. The van der Waals surface area contributed by atoms with Crippen molar-refractivity contribution in [2.75, 3.05) is 26.3 Å². The van der Waals surface area contributed by atoms with E-state index in [0.717, 1.165) is 19.4 Å². The molecule has 0 bridgehead atoms. The lowest BCUT2D eigenvalue weighted by atomic mass is 10.0. The molecule has 104 valence electrons. The minimum atomic E-state index is -0.860. The first-order valence-electron chi connectivity index (χ1n) is 6.45. The molecule has 2 atom stereocenters. The normalized spacial score (nSPS) is 20.4. The highest BCUT2D eigenvalue weighted by Gasteiger charge is 2.18. The number of carbonyl (C=O) groups excluding carboxylic acids is 1. The van der Waals surface area contributed by atoms with E-state index in [-0.39, 0.29) is 12.6 Å². The van der Waals surface area contributed by atoms with E-state index in [1.165, 1.54) is 0 Å². The zero-order valence-corrected chi connectivity index (χ0v) is 10.8. The Labute approximate surface area is 107 Å². The maximum Gasteiger partial charge on any atom is 0.314 e. The summed E-state index contributed by atoms with van der Waals surface area (Å²) in [6.07, 6.45) is 2.33.